The molecular weight excluding hydrogens is 336 g/mol. The first kappa shape index (κ1) is 21.3. The Morgan fingerprint density at radius 2 is 1.92 bits per heavy atom. The molecular formula is C15H26N2O8. The van der Waals surface area contributed by atoms with E-state index in [0.717, 1.165) is 0 Å². The minimum Gasteiger partial charge on any atom is -0.462 e. The van der Waals surface area contributed by atoms with Crippen molar-refractivity contribution in [2.24, 2.45) is 0 Å². The lowest BCUT2D eigenvalue weighted by Gasteiger charge is -2.46. The number of amides is 2. The van der Waals surface area contributed by atoms with Gasteiger partial charge in [0.1, 0.15) is 6.10 Å². The monoisotopic (exact) mass is 362 g/mol. The van der Waals surface area contributed by atoms with E-state index in [9.17, 15) is 29.7 Å². The van der Waals surface area contributed by atoms with Crippen LogP contribution in [0.4, 0.5) is 0 Å². The van der Waals surface area contributed by atoms with E-state index in [0.29, 0.717) is 0 Å². The Bertz CT molecular complexity index is 494. The Balaban J connectivity index is 3.22. The Kier molecular flexibility index (Phi) is 7.29. The molecule has 1 aliphatic rings. The van der Waals surface area contributed by atoms with Crippen molar-refractivity contribution >= 4 is 17.8 Å². The molecule has 1 aliphatic heterocycles. The molecule has 0 aromatic carbocycles. The normalized spacial score (nSPS) is 31.6. The van der Waals surface area contributed by atoms with Crippen LogP contribution in [-0.4, -0.2) is 75.9 Å². The maximum Gasteiger partial charge on any atom is 0.366 e. The van der Waals surface area contributed by atoms with Gasteiger partial charge < -0.3 is 35.4 Å². The second-order valence-electron chi connectivity index (χ2n) is 6.05. The van der Waals surface area contributed by atoms with Gasteiger partial charge in [0.25, 0.3) is 5.79 Å². The van der Waals surface area contributed by atoms with Gasteiger partial charge in [0.15, 0.2) is 0 Å². The molecule has 0 spiro atoms. The molecule has 0 bridgehead atoms. The molecule has 1 fully saturated rings. The molecule has 10 nitrogen and oxygen atoms in total. The summed E-state index contributed by atoms with van der Waals surface area (Å²) in [4.78, 5) is 34.9. The minimum absolute atomic E-state index is 0.0219. The van der Waals surface area contributed by atoms with Crippen LogP contribution in [0.3, 0.4) is 0 Å². The van der Waals surface area contributed by atoms with Crippen LogP contribution < -0.4 is 10.6 Å². The molecule has 6 atom stereocenters. The zero-order chi connectivity index (χ0) is 19.4. The van der Waals surface area contributed by atoms with Crippen LogP contribution in [0.25, 0.3) is 0 Å². The fourth-order valence-corrected chi connectivity index (χ4v) is 2.77. The van der Waals surface area contributed by atoms with Crippen LogP contribution in [0, 0.1) is 0 Å². The number of ether oxygens (including phenoxy) is 2. The molecule has 0 aliphatic carbocycles. The summed E-state index contributed by atoms with van der Waals surface area (Å²) in [6.07, 6.45) is -4.38. The van der Waals surface area contributed by atoms with Gasteiger partial charge in [-0.3, -0.25) is 9.59 Å². The van der Waals surface area contributed by atoms with Crippen LogP contribution in [0.1, 0.15) is 34.1 Å². The van der Waals surface area contributed by atoms with Crippen LogP contribution in [0.2, 0.25) is 0 Å². The average molecular weight is 362 g/mol. The van der Waals surface area contributed by atoms with Crippen molar-refractivity contribution in [1.29, 1.82) is 0 Å². The predicted octanol–water partition coefficient (Wildman–Crippen LogP) is -2.22. The standard InChI is InChI=1S/C15H26N2O8/c1-5-24-14(22)15(23)6-10(21)12(17-9(4)20)13(25-15)11(7(2)18)16-8(3)19/h7,10-13,18,21,23H,5-6H2,1-4H3,(H,16,19)(H,17,20)/t7-,10-,11-,12-,13-,15?/m0/s1. The number of carbonyl (C=O) groups excluding carboxylic acids is 3. The number of esters is 1. The first-order valence-electron chi connectivity index (χ1n) is 7.99. The van der Waals surface area contributed by atoms with E-state index in [-0.39, 0.29) is 6.61 Å². The molecule has 0 aromatic heterocycles. The number of hydrogen-bond acceptors (Lipinski definition) is 8. The minimum atomic E-state index is -2.47. The number of hydrogen-bond donors (Lipinski definition) is 5. The number of aliphatic hydroxyl groups excluding tert-OH is 2. The summed E-state index contributed by atoms with van der Waals surface area (Å²) in [5.41, 5.74) is 0. The van der Waals surface area contributed by atoms with Gasteiger partial charge in [-0.05, 0) is 13.8 Å². The molecule has 5 N–H and O–H groups in total. The molecule has 0 aromatic rings. The number of carbonyl (C=O) groups is 3. The van der Waals surface area contributed by atoms with Gasteiger partial charge >= 0.3 is 5.97 Å². The topological polar surface area (TPSA) is 154 Å². The first-order chi connectivity index (χ1) is 11.5. The third kappa shape index (κ3) is 5.36. The highest BCUT2D eigenvalue weighted by Gasteiger charge is 2.54. The summed E-state index contributed by atoms with van der Waals surface area (Å²) in [5.74, 6) is -4.57. The van der Waals surface area contributed by atoms with Crippen molar-refractivity contribution in [2.45, 2.75) is 70.3 Å². The average Bonchev–Trinajstić information content (AvgIpc) is 2.47. The van der Waals surface area contributed by atoms with Crippen molar-refractivity contribution in [3.8, 4) is 0 Å². The molecule has 1 rings (SSSR count). The first-order valence-corrected chi connectivity index (χ1v) is 7.99. The Hall–Kier alpha value is -1.75. The lowest BCUT2D eigenvalue weighted by molar-refractivity contribution is -0.285. The quantitative estimate of drug-likeness (QED) is 0.333. The zero-order valence-corrected chi connectivity index (χ0v) is 14.7. The zero-order valence-electron chi connectivity index (χ0n) is 14.7. The third-order valence-electron chi connectivity index (χ3n) is 3.79. The van der Waals surface area contributed by atoms with E-state index < -0.39 is 60.4 Å². The van der Waals surface area contributed by atoms with Gasteiger partial charge in [-0.2, -0.15) is 0 Å². The summed E-state index contributed by atoms with van der Waals surface area (Å²) in [5, 5.41) is 35.7. The Morgan fingerprint density at radius 1 is 1.32 bits per heavy atom. The fraction of sp³-hybridized carbons (Fsp3) is 0.800. The lowest BCUT2D eigenvalue weighted by Crippen LogP contribution is -2.69. The third-order valence-corrected chi connectivity index (χ3v) is 3.79. The lowest BCUT2D eigenvalue weighted by atomic mass is 9.87. The summed E-state index contributed by atoms with van der Waals surface area (Å²) >= 11 is 0. The predicted molar refractivity (Wildman–Crippen MR) is 84.0 cm³/mol. The van der Waals surface area contributed by atoms with Crippen molar-refractivity contribution in [3.05, 3.63) is 0 Å². The fourth-order valence-electron chi connectivity index (χ4n) is 2.77. The highest BCUT2D eigenvalue weighted by Crippen LogP contribution is 2.31. The largest absolute Gasteiger partial charge is 0.462 e. The van der Waals surface area contributed by atoms with E-state index in [4.69, 9.17) is 9.47 Å². The molecule has 1 heterocycles. The summed E-state index contributed by atoms with van der Waals surface area (Å²) < 4.78 is 10.2. The van der Waals surface area contributed by atoms with Crippen molar-refractivity contribution < 1.29 is 39.2 Å². The second kappa shape index (κ2) is 8.56. The SMILES string of the molecule is CCOC(=O)C1(O)C[C@H](O)[C@H](NC(C)=O)[C@H]([C@@H](NC(C)=O)[C@H](C)O)O1. The van der Waals surface area contributed by atoms with Gasteiger partial charge in [0.05, 0.1) is 30.9 Å². The summed E-state index contributed by atoms with van der Waals surface area (Å²) in [7, 11) is 0. The molecule has 10 heteroatoms. The van der Waals surface area contributed by atoms with Gasteiger partial charge in [-0.25, -0.2) is 4.79 Å². The van der Waals surface area contributed by atoms with Crippen molar-refractivity contribution in [1.82, 2.24) is 10.6 Å². The highest BCUT2D eigenvalue weighted by molar-refractivity contribution is 5.78. The molecule has 1 saturated heterocycles. The molecule has 144 valence electrons. The van der Waals surface area contributed by atoms with Crippen LogP contribution in [-0.2, 0) is 23.9 Å². The second-order valence-corrected chi connectivity index (χ2v) is 6.05. The number of rotatable bonds is 6. The van der Waals surface area contributed by atoms with Crippen LogP contribution in [0.15, 0.2) is 0 Å². The van der Waals surface area contributed by atoms with E-state index in [1.165, 1.54) is 27.7 Å². The number of aliphatic hydroxyl groups is 3. The van der Waals surface area contributed by atoms with Crippen molar-refractivity contribution in [2.75, 3.05) is 6.61 Å². The van der Waals surface area contributed by atoms with Gasteiger partial charge in [-0.15, -0.1) is 0 Å². The molecule has 1 unspecified atom stereocenters. The maximum atomic E-state index is 12.0. The number of nitrogens with one attached hydrogen (secondary N) is 2. The Labute approximate surface area is 145 Å². The summed E-state index contributed by atoms with van der Waals surface area (Å²) in [6.45, 7) is 5.30. The van der Waals surface area contributed by atoms with Crippen LogP contribution in [0.5, 0.6) is 0 Å². The van der Waals surface area contributed by atoms with Gasteiger partial charge in [-0.1, -0.05) is 0 Å². The smallest absolute Gasteiger partial charge is 0.366 e. The van der Waals surface area contributed by atoms with E-state index in [2.05, 4.69) is 10.6 Å². The van der Waals surface area contributed by atoms with E-state index >= 15 is 0 Å². The Morgan fingerprint density at radius 3 is 2.36 bits per heavy atom. The van der Waals surface area contributed by atoms with Crippen LogP contribution >= 0.6 is 0 Å². The van der Waals surface area contributed by atoms with E-state index in [1.807, 2.05) is 0 Å². The summed E-state index contributed by atoms with van der Waals surface area (Å²) in [6, 6.07) is -2.18. The highest BCUT2D eigenvalue weighted by atomic mass is 16.7. The van der Waals surface area contributed by atoms with Gasteiger partial charge in [0.2, 0.25) is 11.8 Å². The van der Waals surface area contributed by atoms with Gasteiger partial charge in [0, 0.05) is 20.3 Å². The van der Waals surface area contributed by atoms with E-state index in [1.54, 1.807) is 0 Å². The molecule has 0 saturated carbocycles. The van der Waals surface area contributed by atoms with Crippen molar-refractivity contribution in [3.63, 3.8) is 0 Å². The molecule has 0 radical (unpaired) electrons. The molecule has 25 heavy (non-hydrogen) atoms. The maximum absolute atomic E-state index is 12.0. The molecule has 2 amide bonds.